The van der Waals surface area contributed by atoms with Gasteiger partial charge in [-0.25, -0.2) is 4.39 Å². The third-order valence-electron chi connectivity index (χ3n) is 3.11. The van der Waals surface area contributed by atoms with Crippen LogP contribution >= 0.6 is 0 Å². The molecule has 2 unspecified atom stereocenters. The third kappa shape index (κ3) is 1.70. The fraction of sp³-hybridized carbons (Fsp3) is 0.636. The summed E-state index contributed by atoms with van der Waals surface area (Å²) in [6, 6.07) is 1.79. The normalized spacial score (nSPS) is 21.7. The zero-order chi connectivity index (χ0) is 11.7. The Balaban J connectivity index is 2.18. The van der Waals surface area contributed by atoms with E-state index in [1.807, 2.05) is 17.7 Å². The number of hydrogen-bond acceptors (Lipinski definition) is 2. The quantitative estimate of drug-likeness (QED) is 0.765. The van der Waals surface area contributed by atoms with Gasteiger partial charge in [-0.2, -0.15) is 5.10 Å². The molecule has 16 heavy (non-hydrogen) atoms. The molecule has 1 amide bonds. The van der Waals surface area contributed by atoms with Gasteiger partial charge < -0.3 is 4.90 Å². The molecule has 0 fully saturated rings. The van der Waals surface area contributed by atoms with Crippen LogP contribution in [0.25, 0.3) is 0 Å². The Bertz CT molecular complexity index is 390. The molecule has 1 aliphatic heterocycles. The number of aromatic nitrogens is 2. The van der Waals surface area contributed by atoms with Gasteiger partial charge in [-0.3, -0.25) is 9.48 Å². The van der Waals surface area contributed by atoms with Crippen LogP contribution in [-0.2, 0) is 11.3 Å². The fourth-order valence-corrected chi connectivity index (χ4v) is 2.10. The van der Waals surface area contributed by atoms with E-state index in [2.05, 4.69) is 5.10 Å². The largest absolute Gasteiger partial charge is 0.330 e. The molecule has 2 heterocycles. The van der Waals surface area contributed by atoms with E-state index in [0.717, 1.165) is 5.69 Å². The second-order valence-corrected chi connectivity index (χ2v) is 4.06. The molecule has 4 nitrogen and oxygen atoms in total. The first-order valence-corrected chi connectivity index (χ1v) is 5.61. The molecule has 1 aromatic heterocycles. The van der Waals surface area contributed by atoms with E-state index in [1.54, 1.807) is 18.0 Å². The number of rotatable bonds is 2. The molecule has 0 saturated carbocycles. The number of carbonyl (C=O) groups is 1. The highest BCUT2D eigenvalue weighted by molar-refractivity contribution is 5.81. The van der Waals surface area contributed by atoms with Crippen LogP contribution in [0.2, 0.25) is 0 Å². The molecule has 0 spiro atoms. The average Bonchev–Trinajstić information content (AvgIpc) is 2.76. The zero-order valence-corrected chi connectivity index (χ0v) is 9.56. The summed E-state index contributed by atoms with van der Waals surface area (Å²) in [4.78, 5) is 13.4. The van der Waals surface area contributed by atoms with E-state index in [1.165, 1.54) is 0 Å². The average molecular weight is 225 g/mol. The van der Waals surface area contributed by atoms with E-state index >= 15 is 0 Å². The van der Waals surface area contributed by atoms with Crippen LogP contribution in [0, 0.1) is 0 Å². The molecule has 1 aromatic rings. The van der Waals surface area contributed by atoms with Crippen LogP contribution in [-0.4, -0.2) is 33.3 Å². The lowest BCUT2D eigenvalue weighted by molar-refractivity contribution is -0.140. The number of hydrogen-bond donors (Lipinski definition) is 0. The topological polar surface area (TPSA) is 38.1 Å². The lowest BCUT2D eigenvalue weighted by Gasteiger charge is -2.34. The predicted molar refractivity (Wildman–Crippen MR) is 57.5 cm³/mol. The molecule has 88 valence electrons. The molecule has 0 aromatic carbocycles. The predicted octanol–water partition coefficient (Wildman–Crippen LogP) is 1.53. The molecule has 2 atom stereocenters. The molecular weight excluding hydrogens is 209 g/mol. The summed E-state index contributed by atoms with van der Waals surface area (Å²) in [5.74, 6) is -0.401. The minimum absolute atomic E-state index is 0.0893. The van der Waals surface area contributed by atoms with Gasteiger partial charge in [0.15, 0.2) is 6.17 Å². The van der Waals surface area contributed by atoms with Gasteiger partial charge in [0.1, 0.15) is 0 Å². The van der Waals surface area contributed by atoms with Gasteiger partial charge >= 0.3 is 0 Å². The van der Waals surface area contributed by atoms with E-state index < -0.39 is 12.1 Å². The van der Waals surface area contributed by atoms with Crippen molar-refractivity contribution in [2.24, 2.45) is 0 Å². The highest BCUT2D eigenvalue weighted by Gasteiger charge is 2.31. The molecule has 1 aliphatic rings. The minimum atomic E-state index is -1.38. The molecular formula is C11H16FN3O. The first kappa shape index (κ1) is 11.1. The number of halogens is 1. The standard InChI is InChI=1S/C11H16FN3O/c1-3-9(12)11(16)14-6-7-15-10(8(14)2)4-5-13-15/h4-5,8-9H,3,6-7H2,1-2H3. The van der Waals surface area contributed by atoms with Crippen LogP contribution in [0.4, 0.5) is 4.39 Å². The highest BCUT2D eigenvalue weighted by Crippen LogP contribution is 2.25. The van der Waals surface area contributed by atoms with Crippen LogP contribution in [0.5, 0.6) is 0 Å². The van der Waals surface area contributed by atoms with Gasteiger partial charge in [-0.1, -0.05) is 6.92 Å². The lowest BCUT2D eigenvalue weighted by Crippen LogP contribution is -2.44. The fourth-order valence-electron chi connectivity index (χ4n) is 2.10. The summed E-state index contributed by atoms with van der Waals surface area (Å²) in [5.41, 5.74) is 0.975. The third-order valence-corrected chi connectivity index (χ3v) is 3.11. The first-order chi connectivity index (χ1) is 7.65. The van der Waals surface area contributed by atoms with E-state index in [9.17, 15) is 9.18 Å². The van der Waals surface area contributed by atoms with Gasteiger partial charge in [-0.05, 0) is 19.4 Å². The highest BCUT2D eigenvalue weighted by atomic mass is 19.1. The van der Waals surface area contributed by atoms with Crippen molar-refractivity contribution in [3.05, 3.63) is 18.0 Å². The summed E-state index contributed by atoms with van der Waals surface area (Å²) >= 11 is 0. The van der Waals surface area contributed by atoms with E-state index in [-0.39, 0.29) is 12.5 Å². The van der Waals surface area contributed by atoms with Crippen molar-refractivity contribution in [2.45, 2.75) is 39.0 Å². The van der Waals surface area contributed by atoms with Gasteiger partial charge in [0.05, 0.1) is 18.3 Å². The summed E-state index contributed by atoms with van der Waals surface area (Å²) in [6.45, 7) is 4.78. The Kier molecular flexibility index (Phi) is 2.94. The summed E-state index contributed by atoms with van der Waals surface area (Å²) < 4.78 is 15.2. The van der Waals surface area contributed by atoms with Crippen LogP contribution in [0.15, 0.2) is 12.3 Å². The van der Waals surface area contributed by atoms with Crippen molar-refractivity contribution in [1.82, 2.24) is 14.7 Å². The number of fused-ring (bicyclic) bond motifs is 1. The van der Waals surface area contributed by atoms with Crippen molar-refractivity contribution < 1.29 is 9.18 Å². The van der Waals surface area contributed by atoms with Crippen molar-refractivity contribution in [1.29, 1.82) is 0 Å². The Hall–Kier alpha value is -1.39. The molecule has 0 aliphatic carbocycles. The van der Waals surface area contributed by atoms with Gasteiger partial charge in [0.2, 0.25) is 0 Å². The maximum absolute atomic E-state index is 13.4. The first-order valence-electron chi connectivity index (χ1n) is 5.61. The monoisotopic (exact) mass is 225 g/mol. The summed E-state index contributed by atoms with van der Waals surface area (Å²) in [6.07, 6.45) is 0.574. The van der Waals surface area contributed by atoms with E-state index in [0.29, 0.717) is 13.1 Å². The molecule has 0 N–H and O–H groups in total. The molecule has 0 radical (unpaired) electrons. The Morgan fingerprint density at radius 1 is 1.69 bits per heavy atom. The smallest absolute Gasteiger partial charge is 0.257 e. The number of nitrogens with zero attached hydrogens (tertiary/aromatic N) is 3. The number of carbonyl (C=O) groups excluding carboxylic acids is 1. The van der Waals surface area contributed by atoms with Gasteiger partial charge in [0, 0.05) is 12.7 Å². The number of amides is 1. The Morgan fingerprint density at radius 3 is 3.12 bits per heavy atom. The minimum Gasteiger partial charge on any atom is -0.330 e. The van der Waals surface area contributed by atoms with E-state index in [4.69, 9.17) is 0 Å². The van der Waals surface area contributed by atoms with Crippen LogP contribution in [0.3, 0.4) is 0 Å². The van der Waals surface area contributed by atoms with Crippen LogP contribution in [0.1, 0.15) is 32.0 Å². The van der Waals surface area contributed by atoms with Gasteiger partial charge in [-0.15, -0.1) is 0 Å². The lowest BCUT2D eigenvalue weighted by atomic mass is 10.1. The maximum Gasteiger partial charge on any atom is 0.257 e. The Morgan fingerprint density at radius 2 is 2.44 bits per heavy atom. The second kappa shape index (κ2) is 4.23. The molecule has 0 bridgehead atoms. The SMILES string of the molecule is CCC(F)C(=O)N1CCn2nccc2C1C. The van der Waals surface area contributed by atoms with Crippen molar-refractivity contribution in [2.75, 3.05) is 6.54 Å². The maximum atomic E-state index is 13.4. The van der Waals surface area contributed by atoms with Crippen molar-refractivity contribution in [3.63, 3.8) is 0 Å². The summed E-state index contributed by atoms with van der Waals surface area (Å²) in [7, 11) is 0. The second-order valence-electron chi connectivity index (χ2n) is 4.06. The molecule has 2 rings (SSSR count). The van der Waals surface area contributed by atoms with Crippen LogP contribution < -0.4 is 0 Å². The summed E-state index contributed by atoms with van der Waals surface area (Å²) in [5, 5.41) is 4.15. The molecule has 0 saturated heterocycles. The van der Waals surface area contributed by atoms with Gasteiger partial charge in [0.25, 0.3) is 5.91 Å². The zero-order valence-electron chi connectivity index (χ0n) is 9.56. The Labute approximate surface area is 94.0 Å². The van der Waals surface area contributed by atoms with Crippen molar-refractivity contribution >= 4 is 5.91 Å². The number of alkyl halides is 1. The molecule has 5 heteroatoms. The van der Waals surface area contributed by atoms with Crippen molar-refractivity contribution in [3.8, 4) is 0 Å².